The molecule has 1 unspecified atom stereocenters. The van der Waals surface area contributed by atoms with Crippen molar-refractivity contribution in [3.8, 4) is 11.5 Å². The zero-order valence-electron chi connectivity index (χ0n) is 16.6. The van der Waals surface area contributed by atoms with Gasteiger partial charge in [-0.15, -0.1) is 0 Å². The number of phenolic OH excluding ortho intramolecular Hbond substituents is 1. The molecule has 4 N–H and O–H groups in total. The summed E-state index contributed by atoms with van der Waals surface area (Å²) in [7, 11) is 0. The molecule has 1 atom stereocenters. The van der Waals surface area contributed by atoms with Gasteiger partial charge in [-0.3, -0.25) is 4.79 Å². The third-order valence-corrected chi connectivity index (χ3v) is 4.86. The summed E-state index contributed by atoms with van der Waals surface area (Å²) in [6.45, 7) is 3.95. The van der Waals surface area contributed by atoms with Crippen molar-refractivity contribution in [2.24, 2.45) is 0 Å². The summed E-state index contributed by atoms with van der Waals surface area (Å²) in [6.07, 6.45) is 2.29. The average molecular weight is 396 g/mol. The number of hydrogen-bond donors (Lipinski definition) is 4. The first-order valence-electron chi connectivity index (χ1n) is 9.98. The Morgan fingerprint density at radius 1 is 1.10 bits per heavy atom. The summed E-state index contributed by atoms with van der Waals surface area (Å²) in [5, 5.41) is 24.3. The molecular formula is C23H28N2O4. The van der Waals surface area contributed by atoms with Gasteiger partial charge >= 0.3 is 0 Å². The van der Waals surface area contributed by atoms with Crippen molar-refractivity contribution in [3.63, 3.8) is 0 Å². The molecule has 29 heavy (non-hydrogen) atoms. The highest BCUT2D eigenvalue weighted by molar-refractivity contribution is 5.87. The Labute approximate surface area is 170 Å². The molecule has 0 fully saturated rings. The van der Waals surface area contributed by atoms with Crippen LogP contribution in [-0.4, -0.2) is 34.9 Å². The van der Waals surface area contributed by atoms with E-state index in [9.17, 15) is 15.0 Å². The molecule has 0 saturated carbocycles. The van der Waals surface area contributed by atoms with Crippen LogP contribution in [0.15, 0.2) is 53.3 Å². The highest BCUT2D eigenvalue weighted by Gasteiger charge is 2.13. The van der Waals surface area contributed by atoms with E-state index in [4.69, 9.17) is 4.74 Å². The summed E-state index contributed by atoms with van der Waals surface area (Å²) in [5.41, 5.74) is 1.93. The van der Waals surface area contributed by atoms with E-state index in [2.05, 4.69) is 10.3 Å². The molecule has 0 amide bonds. The van der Waals surface area contributed by atoms with Crippen molar-refractivity contribution < 1.29 is 14.9 Å². The smallest absolute Gasteiger partial charge is 0.248 e. The molecule has 0 radical (unpaired) electrons. The van der Waals surface area contributed by atoms with Crippen LogP contribution in [0.3, 0.4) is 0 Å². The maximum atomic E-state index is 11.5. The van der Waals surface area contributed by atoms with E-state index in [1.807, 2.05) is 31.2 Å². The van der Waals surface area contributed by atoms with Crippen LogP contribution in [0.25, 0.3) is 10.9 Å². The van der Waals surface area contributed by atoms with Crippen LogP contribution in [-0.2, 0) is 0 Å². The van der Waals surface area contributed by atoms with E-state index in [-0.39, 0.29) is 11.3 Å². The molecule has 3 aromatic rings. The molecule has 154 valence electrons. The van der Waals surface area contributed by atoms with Crippen molar-refractivity contribution in [2.75, 3.05) is 19.7 Å². The van der Waals surface area contributed by atoms with Crippen LogP contribution in [0.1, 0.15) is 36.5 Å². The minimum Gasteiger partial charge on any atom is -0.506 e. The minimum atomic E-state index is -0.728. The van der Waals surface area contributed by atoms with Crippen LogP contribution in [0.4, 0.5) is 0 Å². The van der Waals surface area contributed by atoms with E-state index < -0.39 is 6.10 Å². The predicted octanol–water partition coefficient (Wildman–Crippen LogP) is 3.41. The molecule has 0 saturated heterocycles. The third kappa shape index (κ3) is 5.82. The van der Waals surface area contributed by atoms with Crippen LogP contribution >= 0.6 is 0 Å². The van der Waals surface area contributed by atoms with Gasteiger partial charge in [0.15, 0.2) is 0 Å². The fourth-order valence-electron chi connectivity index (χ4n) is 3.32. The van der Waals surface area contributed by atoms with Gasteiger partial charge < -0.3 is 25.3 Å². The van der Waals surface area contributed by atoms with Crippen LogP contribution < -0.4 is 15.6 Å². The highest BCUT2D eigenvalue weighted by atomic mass is 16.5. The van der Waals surface area contributed by atoms with Gasteiger partial charge in [0.05, 0.1) is 18.2 Å². The molecule has 0 aliphatic rings. The summed E-state index contributed by atoms with van der Waals surface area (Å²) in [6, 6.07) is 14.2. The Morgan fingerprint density at radius 3 is 2.79 bits per heavy atom. The van der Waals surface area contributed by atoms with E-state index in [0.29, 0.717) is 29.6 Å². The fourth-order valence-corrected chi connectivity index (χ4v) is 3.32. The van der Waals surface area contributed by atoms with Crippen molar-refractivity contribution in [3.05, 3.63) is 70.0 Å². The second kappa shape index (κ2) is 10.1. The number of aromatic nitrogens is 1. The lowest BCUT2D eigenvalue weighted by atomic mass is 10.0. The van der Waals surface area contributed by atoms with Gasteiger partial charge in [0.2, 0.25) is 5.56 Å². The van der Waals surface area contributed by atoms with Crippen molar-refractivity contribution in [1.29, 1.82) is 0 Å². The van der Waals surface area contributed by atoms with Crippen LogP contribution in [0, 0.1) is 6.92 Å². The number of aliphatic hydroxyl groups is 1. The number of H-pyrrole nitrogens is 1. The second-order valence-corrected chi connectivity index (χ2v) is 7.23. The van der Waals surface area contributed by atoms with Crippen LogP contribution in [0.5, 0.6) is 11.5 Å². The lowest BCUT2D eigenvalue weighted by Crippen LogP contribution is -2.23. The van der Waals surface area contributed by atoms with Gasteiger partial charge in [-0.25, -0.2) is 0 Å². The highest BCUT2D eigenvalue weighted by Crippen LogP contribution is 2.28. The molecule has 1 heterocycles. The number of aromatic hydroxyl groups is 1. The minimum absolute atomic E-state index is 0.00510. The number of hydrogen-bond acceptors (Lipinski definition) is 5. The van der Waals surface area contributed by atoms with Gasteiger partial charge in [-0.1, -0.05) is 18.2 Å². The molecule has 1 aromatic heterocycles. The number of nitrogens with one attached hydrogen (secondary N) is 2. The number of phenols is 1. The van der Waals surface area contributed by atoms with Gasteiger partial charge in [0.25, 0.3) is 0 Å². The largest absolute Gasteiger partial charge is 0.506 e. The zero-order chi connectivity index (χ0) is 20.6. The first-order chi connectivity index (χ1) is 14.0. The Bertz CT molecular complexity index is 1000. The van der Waals surface area contributed by atoms with Gasteiger partial charge in [-0.05, 0) is 68.1 Å². The van der Waals surface area contributed by atoms with E-state index in [1.54, 1.807) is 12.1 Å². The first-order valence-corrected chi connectivity index (χ1v) is 9.98. The monoisotopic (exact) mass is 396 g/mol. The quantitative estimate of drug-likeness (QED) is 0.394. The topological polar surface area (TPSA) is 94.6 Å². The van der Waals surface area contributed by atoms with Crippen molar-refractivity contribution in [2.45, 2.75) is 32.3 Å². The SMILES string of the molecule is Cc1cccc(OCCCCCNCC(O)c2ccc(O)c3[nH]c(=O)ccc23)c1. The number of pyridine rings is 1. The summed E-state index contributed by atoms with van der Waals surface area (Å²) < 4.78 is 5.74. The fraction of sp³-hybridized carbons (Fsp3) is 0.348. The first kappa shape index (κ1) is 20.9. The molecule has 0 spiro atoms. The van der Waals surface area contributed by atoms with Gasteiger partial charge in [0.1, 0.15) is 11.5 Å². The summed E-state index contributed by atoms with van der Waals surface area (Å²) in [4.78, 5) is 14.1. The molecule has 2 aromatic carbocycles. The average Bonchev–Trinajstić information content (AvgIpc) is 2.70. The number of benzene rings is 2. The number of unbranched alkanes of at least 4 members (excludes halogenated alkanes) is 2. The molecule has 6 heteroatoms. The molecule has 0 bridgehead atoms. The summed E-state index contributed by atoms with van der Waals surface area (Å²) in [5.74, 6) is 0.906. The molecule has 6 nitrogen and oxygen atoms in total. The Kier molecular flexibility index (Phi) is 7.27. The Morgan fingerprint density at radius 2 is 1.97 bits per heavy atom. The van der Waals surface area contributed by atoms with E-state index in [0.717, 1.165) is 31.6 Å². The van der Waals surface area contributed by atoms with Gasteiger partial charge in [0, 0.05) is 18.0 Å². The molecule has 3 rings (SSSR count). The second-order valence-electron chi connectivity index (χ2n) is 7.23. The van der Waals surface area contributed by atoms with Crippen molar-refractivity contribution in [1.82, 2.24) is 10.3 Å². The number of aromatic amines is 1. The molecule has 0 aliphatic heterocycles. The number of rotatable bonds is 10. The number of aliphatic hydroxyl groups excluding tert-OH is 1. The number of aryl methyl sites for hydroxylation is 1. The van der Waals surface area contributed by atoms with Crippen LogP contribution in [0.2, 0.25) is 0 Å². The maximum Gasteiger partial charge on any atom is 0.248 e. The van der Waals surface area contributed by atoms with Gasteiger partial charge in [-0.2, -0.15) is 0 Å². The number of ether oxygens (including phenoxy) is 1. The van der Waals surface area contributed by atoms with Crippen molar-refractivity contribution >= 4 is 10.9 Å². The summed E-state index contributed by atoms with van der Waals surface area (Å²) >= 11 is 0. The third-order valence-electron chi connectivity index (χ3n) is 4.86. The lowest BCUT2D eigenvalue weighted by molar-refractivity contribution is 0.176. The van der Waals surface area contributed by atoms with E-state index >= 15 is 0 Å². The van der Waals surface area contributed by atoms with E-state index in [1.165, 1.54) is 17.7 Å². The predicted molar refractivity (Wildman–Crippen MR) is 115 cm³/mol. The Hall–Kier alpha value is -2.83. The normalized spacial score (nSPS) is 12.2. The standard InChI is InChI=1S/C23H28N2O4/c1-16-6-5-7-17(14-16)29-13-4-2-3-12-24-15-21(27)18-8-10-20(26)23-19(18)9-11-22(28)25-23/h5-11,14,21,24,26-27H,2-4,12-13,15H2,1H3,(H,25,28). The Balaban J connectivity index is 1.38. The number of fused-ring (bicyclic) bond motifs is 1. The zero-order valence-corrected chi connectivity index (χ0v) is 16.6. The molecular weight excluding hydrogens is 368 g/mol. The molecule has 0 aliphatic carbocycles. The maximum absolute atomic E-state index is 11.5. The lowest BCUT2D eigenvalue weighted by Gasteiger charge is -2.15.